The Morgan fingerprint density at radius 3 is 2.64 bits per heavy atom. The van der Waals surface area contributed by atoms with Crippen LogP contribution >= 0.6 is 0 Å². The Hall–Kier alpha value is -0.610. The average Bonchev–Trinajstić information content (AvgIpc) is 1.95. The second kappa shape index (κ2) is 3.69. The summed E-state index contributed by atoms with van der Waals surface area (Å²) in [7, 11) is 0. The van der Waals surface area contributed by atoms with Crippen molar-refractivity contribution < 1.29 is 14.7 Å². The molecule has 64 valence electrons. The molecule has 4 heteroatoms. The van der Waals surface area contributed by atoms with Crippen molar-refractivity contribution in [3.63, 3.8) is 0 Å². The molecule has 1 fully saturated rings. The maximum atomic E-state index is 10.6. The smallest absolute Gasteiger partial charge is 0.324 e. The lowest BCUT2D eigenvalue weighted by atomic mass is 9.74. The van der Waals surface area contributed by atoms with Crippen molar-refractivity contribution in [2.45, 2.75) is 19.3 Å². The molecule has 0 heterocycles. The van der Waals surface area contributed by atoms with Crippen molar-refractivity contribution in [2.24, 2.45) is 17.7 Å². The van der Waals surface area contributed by atoms with Crippen LogP contribution in [0.3, 0.4) is 0 Å². The SMILES string of the molecule is NOC(=O)C[C@H]1C[C@@H](CO)C1. The molecular formula is C7H13NO3. The van der Waals surface area contributed by atoms with E-state index in [9.17, 15) is 4.79 Å². The van der Waals surface area contributed by atoms with E-state index in [-0.39, 0.29) is 12.6 Å². The third-order valence-corrected chi connectivity index (χ3v) is 2.18. The van der Waals surface area contributed by atoms with Gasteiger partial charge < -0.3 is 9.94 Å². The highest BCUT2D eigenvalue weighted by Crippen LogP contribution is 2.35. The van der Waals surface area contributed by atoms with Crippen LogP contribution in [0.5, 0.6) is 0 Å². The van der Waals surface area contributed by atoms with Gasteiger partial charge in [-0.25, -0.2) is 0 Å². The average molecular weight is 159 g/mol. The molecule has 0 aliphatic heterocycles. The largest absolute Gasteiger partial charge is 0.396 e. The first-order valence-corrected chi connectivity index (χ1v) is 3.76. The molecule has 4 nitrogen and oxygen atoms in total. The number of aliphatic hydroxyl groups is 1. The standard InChI is InChI=1S/C7H13NO3/c8-11-7(10)3-5-1-6(2-5)4-9/h5-6,9H,1-4,8H2/t5-,6+. The van der Waals surface area contributed by atoms with E-state index in [2.05, 4.69) is 10.7 Å². The van der Waals surface area contributed by atoms with Gasteiger partial charge in [-0.05, 0) is 24.7 Å². The Kier molecular flexibility index (Phi) is 2.84. The van der Waals surface area contributed by atoms with E-state index in [1.54, 1.807) is 0 Å². The predicted molar refractivity (Wildman–Crippen MR) is 38.2 cm³/mol. The molecule has 0 spiro atoms. The van der Waals surface area contributed by atoms with Crippen molar-refractivity contribution in [1.82, 2.24) is 0 Å². The maximum absolute atomic E-state index is 10.6. The van der Waals surface area contributed by atoms with Crippen molar-refractivity contribution in [3.8, 4) is 0 Å². The van der Waals surface area contributed by atoms with Crippen molar-refractivity contribution >= 4 is 5.97 Å². The fourth-order valence-electron chi connectivity index (χ4n) is 1.47. The van der Waals surface area contributed by atoms with Gasteiger partial charge in [-0.3, -0.25) is 4.79 Å². The highest BCUT2D eigenvalue weighted by molar-refractivity contribution is 5.69. The van der Waals surface area contributed by atoms with Crippen LogP contribution in [-0.2, 0) is 9.63 Å². The number of aliphatic hydroxyl groups excluding tert-OH is 1. The number of carbonyl (C=O) groups excluding carboxylic acids is 1. The molecule has 0 radical (unpaired) electrons. The summed E-state index contributed by atoms with van der Waals surface area (Å²) in [6.07, 6.45) is 2.24. The minimum Gasteiger partial charge on any atom is -0.396 e. The Labute approximate surface area is 65.3 Å². The fourth-order valence-corrected chi connectivity index (χ4v) is 1.47. The van der Waals surface area contributed by atoms with E-state index in [4.69, 9.17) is 5.11 Å². The third-order valence-electron chi connectivity index (χ3n) is 2.18. The van der Waals surface area contributed by atoms with Crippen LogP contribution in [0, 0.1) is 11.8 Å². The first-order chi connectivity index (χ1) is 5.26. The number of hydrogen-bond donors (Lipinski definition) is 2. The second-order valence-corrected chi connectivity index (χ2v) is 3.08. The van der Waals surface area contributed by atoms with E-state index in [0.717, 1.165) is 12.8 Å². The summed E-state index contributed by atoms with van der Waals surface area (Å²) in [5.41, 5.74) is 0. The van der Waals surface area contributed by atoms with Gasteiger partial charge in [0.15, 0.2) is 0 Å². The van der Waals surface area contributed by atoms with Gasteiger partial charge in [0.1, 0.15) is 0 Å². The molecule has 0 aromatic heterocycles. The first kappa shape index (κ1) is 8.49. The van der Waals surface area contributed by atoms with Crippen LogP contribution in [0.4, 0.5) is 0 Å². The number of carbonyl (C=O) groups is 1. The zero-order valence-corrected chi connectivity index (χ0v) is 6.32. The molecule has 0 unspecified atom stereocenters. The van der Waals surface area contributed by atoms with Gasteiger partial charge >= 0.3 is 5.97 Å². The zero-order chi connectivity index (χ0) is 8.27. The summed E-state index contributed by atoms with van der Waals surface area (Å²) < 4.78 is 0. The molecular weight excluding hydrogens is 146 g/mol. The molecule has 0 amide bonds. The zero-order valence-electron chi connectivity index (χ0n) is 6.32. The molecule has 0 aromatic rings. The summed E-state index contributed by atoms with van der Waals surface area (Å²) in [4.78, 5) is 14.6. The molecule has 1 aliphatic carbocycles. The predicted octanol–water partition coefficient (Wildman–Crippen LogP) is -0.188. The number of hydrogen-bond acceptors (Lipinski definition) is 4. The molecule has 11 heavy (non-hydrogen) atoms. The van der Waals surface area contributed by atoms with E-state index in [1.807, 2.05) is 0 Å². The van der Waals surface area contributed by atoms with Gasteiger partial charge in [-0.1, -0.05) is 0 Å². The van der Waals surface area contributed by atoms with Gasteiger partial charge in [-0.15, -0.1) is 0 Å². The number of rotatable bonds is 3. The Morgan fingerprint density at radius 2 is 2.18 bits per heavy atom. The van der Waals surface area contributed by atoms with Crippen LogP contribution in [0.2, 0.25) is 0 Å². The first-order valence-electron chi connectivity index (χ1n) is 3.76. The van der Waals surface area contributed by atoms with Crippen LogP contribution in [0.25, 0.3) is 0 Å². The normalized spacial score (nSPS) is 29.3. The van der Waals surface area contributed by atoms with Crippen LogP contribution in [0.1, 0.15) is 19.3 Å². The third kappa shape index (κ3) is 2.17. The van der Waals surface area contributed by atoms with E-state index in [0.29, 0.717) is 18.3 Å². The molecule has 0 saturated heterocycles. The molecule has 3 N–H and O–H groups in total. The summed E-state index contributed by atoms with van der Waals surface area (Å²) >= 11 is 0. The topological polar surface area (TPSA) is 72.5 Å². The van der Waals surface area contributed by atoms with Crippen molar-refractivity contribution in [1.29, 1.82) is 0 Å². The minimum atomic E-state index is -0.355. The fraction of sp³-hybridized carbons (Fsp3) is 0.857. The van der Waals surface area contributed by atoms with E-state index >= 15 is 0 Å². The van der Waals surface area contributed by atoms with Gasteiger partial charge in [0.2, 0.25) is 0 Å². The summed E-state index contributed by atoms with van der Waals surface area (Å²) in [6, 6.07) is 0. The van der Waals surface area contributed by atoms with Crippen LogP contribution in [-0.4, -0.2) is 17.7 Å². The lowest BCUT2D eigenvalue weighted by Gasteiger charge is -2.32. The van der Waals surface area contributed by atoms with Gasteiger partial charge in [0.25, 0.3) is 0 Å². The molecule has 1 saturated carbocycles. The van der Waals surface area contributed by atoms with Gasteiger partial charge in [-0.2, -0.15) is 5.90 Å². The van der Waals surface area contributed by atoms with Crippen molar-refractivity contribution in [3.05, 3.63) is 0 Å². The molecule has 1 aliphatic rings. The number of nitrogens with two attached hydrogens (primary N) is 1. The maximum Gasteiger partial charge on any atom is 0.324 e. The summed E-state index contributed by atoms with van der Waals surface area (Å²) in [5, 5.41) is 8.65. The van der Waals surface area contributed by atoms with Crippen LogP contribution < -0.4 is 5.90 Å². The quantitative estimate of drug-likeness (QED) is 0.560. The Balaban J connectivity index is 2.08. The monoisotopic (exact) mass is 159 g/mol. The summed E-state index contributed by atoms with van der Waals surface area (Å²) in [5.74, 6) is 5.08. The Bertz CT molecular complexity index is 143. The molecule has 0 aromatic carbocycles. The summed E-state index contributed by atoms with van der Waals surface area (Å²) in [6.45, 7) is 0.230. The molecule has 0 atom stereocenters. The van der Waals surface area contributed by atoms with Crippen LogP contribution in [0.15, 0.2) is 0 Å². The van der Waals surface area contributed by atoms with Gasteiger partial charge in [0.05, 0.1) is 6.42 Å². The van der Waals surface area contributed by atoms with Crippen molar-refractivity contribution in [2.75, 3.05) is 6.61 Å². The van der Waals surface area contributed by atoms with E-state index in [1.165, 1.54) is 0 Å². The lowest BCUT2D eigenvalue weighted by molar-refractivity contribution is -0.146. The van der Waals surface area contributed by atoms with Gasteiger partial charge in [0, 0.05) is 6.61 Å². The Morgan fingerprint density at radius 1 is 1.55 bits per heavy atom. The molecule has 1 rings (SSSR count). The van der Waals surface area contributed by atoms with E-state index < -0.39 is 0 Å². The lowest BCUT2D eigenvalue weighted by Crippen LogP contribution is -2.29. The highest BCUT2D eigenvalue weighted by Gasteiger charge is 2.30. The highest BCUT2D eigenvalue weighted by atomic mass is 16.7. The molecule has 0 bridgehead atoms. The second-order valence-electron chi connectivity index (χ2n) is 3.08. The minimum absolute atomic E-state index is 0.230.